The lowest BCUT2D eigenvalue weighted by Crippen LogP contribution is -2.32. The number of hydrazone groups is 1. The van der Waals surface area contributed by atoms with E-state index in [1.165, 1.54) is 19.4 Å². The molecule has 2 amide bonds. The second-order valence-corrected chi connectivity index (χ2v) is 6.59. The van der Waals surface area contributed by atoms with Crippen LogP contribution in [0.1, 0.15) is 11.1 Å². The van der Waals surface area contributed by atoms with Gasteiger partial charge in [0.15, 0.2) is 11.5 Å². The van der Waals surface area contributed by atoms with Gasteiger partial charge in [0.1, 0.15) is 0 Å². The monoisotopic (exact) mass is 443 g/mol. The molecular weight excluding hydrogens is 422 g/mol. The Hall–Kier alpha value is -4.72. The number of ether oxygens (including phenoxy) is 2. The summed E-state index contributed by atoms with van der Waals surface area (Å²) in [5, 5.41) is 6.23. The van der Waals surface area contributed by atoms with Crippen LogP contribution in [-0.4, -0.2) is 31.1 Å². The Kier molecular flexibility index (Phi) is 8.08. The van der Waals surface area contributed by atoms with Crippen molar-refractivity contribution in [1.82, 2.24) is 5.43 Å². The standard InChI is InChI=1S/C25H21N3O5/c1-32-22-16-19(17-26-28-25(31)24(30)27-20-10-6-3-7-11-20)12-14-21(22)33-23(29)15-13-18-8-4-2-5-9-18/h2-17H,1H3,(H,27,30)(H,28,31). The minimum atomic E-state index is -0.919. The van der Waals surface area contributed by atoms with Crippen LogP contribution in [0, 0.1) is 0 Å². The predicted molar refractivity (Wildman–Crippen MR) is 125 cm³/mol. The zero-order chi connectivity index (χ0) is 23.5. The van der Waals surface area contributed by atoms with Gasteiger partial charge >= 0.3 is 17.8 Å². The molecule has 0 aliphatic carbocycles. The molecule has 0 aliphatic heterocycles. The van der Waals surface area contributed by atoms with Crippen molar-refractivity contribution in [3.63, 3.8) is 0 Å². The number of benzene rings is 3. The van der Waals surface area contributed by atoms with Gasteiger partial charge in [-0.15, -0.1) is 0 Å². The van der Waals surface area contributed by atoms with Gasteiger partial charge in [0.25, 0.3) is 0 Å². The maximum atomic E-state index is 12.1. The van der Waals surface area contributed by atoms with Crippen LogP contribution < -0.4 is 20.2 Å². The number of para-hydroxylation sites is 1. The molecule has 8 heteroatoms. The Balaban J connectivity index is 1.56. The highest BCUT2D eigenvalue weighted by atomic mass is 16.6. The largest absolute Gasteiger partial charge is 0.493 e. The Morgan fingerprint density at radius 2 is 1.52 bits per heavy atom. The number of nitrogens with one attached hydrogen (secondary N) is 2. The van der Waals surface area contributed by atoms with Crippen LogP contribution in [0.25, 0.3) is 6.08 Å². The van der Waals surface area contributed by atoms with E-state index in [1.54, 1.807) is 54.6 Å². The highest BCUT2D eigenvalue weighted by Gasteiger charge is 2.13. The molecule has 0 radical (unpaired) electrons. The molecule has 3 rings (SSSR count). The van der Waals surface area contributed by atoms with Gasteiger partial charge in [-0.1, -0.05) is 48.5 Å². The number of methoxy groups -OCH3 is 1. The molecule has 0 saturated carbocycles. The summed E-state index contributed by atoms with van der Waals surface area (Å²) < 4.78 is 10.6. The maximum Gasteiger partial charge on any atom is 0.336 e. The summed E-state index contributed by atoms with van der Waals surface area (Å²) in [5.74, 6) is -1.80. The molecule has 0 fully saturated rings. The summed E-state index contributed by atoms with van der Waals surface area (Å²) in [6.07, 6.45) is 4.30. The summed E-state index contributed by atoms with van der Waals surface area (Å²) in [7, 11) is 1.43. The molecule has 0 spiro atoms. The van der Waals surface area contributed by atoms with Crippen LogP contribution in [-0.2, 0) is 14.4 Å². The van der Waals surface area contributed by atoms with Crippen LogP contribution in [0.2, 0.25) is 0 Å². The summed E-state index contributed by atoms with van der Waals surface area (Å²) in [6.45, 7) is 0. The molecule has 0 unspecified atom stereocenters. The Labute approximate surface area is 190 Å². The maximum absolute atomic E-state index is 12.1. The first-order chi connectivity index (χ1) is 16.0. The number of hydrogen-bond donors (Lipinski definition) is 2. The summed E-state index contributed by atoms with van der Waals surface area (Å²) in [6, 6.07) is 22.7. The molecule has 0 aromatic heterocycles. The zero-order valence-electron chi connectivity index (χ0n) is 17.7. The van der Waals surface area contributed by atoms with Gasteiger partial charge in [-0.05, 0) is 47.5 Å². The average molecular weight is 443 g/mol. The second-order valence-electron chi connectivity index (χ2n) is 6.59. The van der Waals surface area contributed by atoms with Gasteiger partial charge in [0.05, 0.1) is 13.3 Å². The van der Waals surface area contributed by atoms with E-state index in [0.29, 0.717) is 17.0 Å². The lowest BCUT2D eigenvalue weighted by Gasteiger charge is -2.08. The minimum Gasteiger partial charge on any atom is -0.493 e. The highest BCUT2D eigenvalue weighted by molar-refractivity contribution is 6.39. The van der Waals surface area contributed by atoms with Gasteiger partial charge < -0.3 is 14.8 Å². The number of carbonyl (C=O) groups is 3. The fourth-order valence-electron chi connectivity index (χ4n) is 2.65. The lowest BCUT2D eigenvalue weighted by molar-refractivity contribution is -0.136. The molecule has 0 aliphatic rings. The SMILES string of the molecule is COc1cc(C=NNC(=O)C(=O)Nc2ccccc2)ccc1OC(=O)C=Cc1ccccc1. The molecule has 3 aromatic rings. The van der Waals surface area contributed by atoms with E-state index in [9.17, 15) is 14.4 Å². The molecule has 8 nitrogen and oxygen atoms in total. The van der Waals surface area contributed by atoms with E-state index >= 15 is 0 Å². The number of rotatable bonds is 7. The van der Waals surface area contributed by atoms with E-state index in [2.05, 4.69) is 15.8 Å². The molecule has 0 bridgehead atoms. The summed E-state index contributed by atoms with van der Waals surface area (Å²) in [5.41, 5.74) is 4.07. The Morgan fingerprint density at radius 3 is 2.21 bits per heavy atom. The van der Waals surface area contributed by atoms with Crippen molar-refractivity contribution in [2.45, 2.75) is 0 Å². The number of carbonyl (C=O) groups excluding carboxylic acids is 3. The van der Waals surface area contributed by atoms with E-state index in [1.807, 2.05) is 30.3 Å². The highest BCUT2D eigenvalue weighted by Crippen LogP contribution is 2.27. The predicted octanol–water partition coefficient (Wildman–Crippen LogP) is 3.40. The fraction of sp³-hybridized carbons (Fsp3) is 0.0400. The van der Waals surface area contributed by atoms with E-state index < -0.39 is 17.8 Å². The van der Waals surface area contributed by atoms with Crippen molar-refractivity contribution in [3.8, 4) is 11.5 Å². The fourth-order valence-corrected chi connectivity index (χ4v) is 2.65. The number of anilines is 1. The summed E-state index contributed by atoms with van der Waals surface area (Å²) in [4.78, 5) is 35.9. The third kappa shape index (κ3) is 7.18. The van der Waals surface area contributed by atoms with Gasteiger partial charge in [0.2, 0.25) is 0 Å². The first kappa shape index (κ1) is 23.0. The first-order valence-electron chi connectivity index (χ1n) is 9.87. The number of hydrogen-bond acceptors (Lipinski definition) is 6. The van der Waals surface area contributed by atoms with Crippen LogP contribution >= 0.6 is 0 Å². The Bertz CT molecular complexity index is 1180. The molecule has 33 heavy (non-hydrogen) atoms. The van der Waals surface area contributed by atoms with Crippen LogP contribution in [0.3, 0.4) is 0 Å². The molecule has 2 N–H and O–H groups in total. The van der Waals surface area contributed by atoms with Crippen molar-refractivity contribution in [2.75, 3.05) is 12.4 Å². The molecule has 166 valence electrons. The number of nitrogens with zero attached hydrogens (tertiary/aromatic N) is 1. The van der Waals surface area contributed by atoms with Crippen molar-refractivity contribution < 1.29 is 23.9 Å². The van der Waals surface area contributed by atoms with E-state index in [0.717, 1.165) is 5.56 Å². The molecular formula is C25H21N3O5. The van der Waals surface area contributed by atoms with Crippen molar-refractivity contribution in [2.24, 2.45) is 5.10 Å². The number of esters is 1. The van der Waals surface area contributed by atoms with Crippen LogP contribution in [0.5, 0.6) is 11.5 Å². The van der Waals surface area contributed by atoms with Gasteiger partial charge in [0, 0.05) is 11.8 Å². The third-order valence-corrected chi connectivity index (χ3v) is 4.23. The zero-order valence-corrected chi connectivity index (χ0v) is 17.7. The van der Waals surface area contributed by atoms with Crippen LogP contribution in [0.15, 0.2) is 90.0 Å². The topological polar surface area (TPSA) is 106 Å². The van der Waals surface area contributed by atoms with Gasteiger partial charge in [-0.25, -0.2) is 10.2 Å². The van der Waals surface area contributed by atoms with Gasteiger partial charge in [-0.2, -0.15) is 5.10 Å². The quantitative estimate of drug-likeness (QED) is 0.145. The van der Waals surface area contributed by atoms with Crippen molar-refractivity contribution in [3.05, 3.63) is 96.1 Å². The second kappa shape index (κ2) is 11.6. The first-order valence-corrected chi connectivity index (χ1v) is 9.87. The van der Waals surface area contributed by atoms with Crippen molar-refractivity contribution >= 4 is 35.8 Å². The molecule has 3 aromatic carbocycles. The number of amides is 2. The lowest BCUT2D eigenvalue weighted by atomic mass is 10.2. The molecule has 0 saturated heterocycles. The molecule has 0 atom stereocenters. The van der Waals surface area contributed by atoms with E-state index in [4.69, 9.17) is 9.47 Å². The minimum absolute atomic E-state index is 0.226. The average Bonchev–Trinajstić information content (AvgIpc) is 2.84. The van der Waals surface area contributed by atoms with Crippen molar-refractivity contribution in [1.29, 1.82) is 0 Å². The van der Waals surface area contributed by atoms with Gasteiger partial charge in [-0.3, -0.25) is 9.59 Å². The Morgan fingerprint density at radius 1 is 0.818 bits per heavy atom. The third-order valence-electron chi connectivity index (χ3n) is 4.23. The summed E-state index contributed by atoms with van der Waals surface area (Å²) >= 11 is 0. The normalized spacial score (nSPS) is 10.7. The smallest absolute Gasteiger partial charge is 0.336 e. The molecule has 0 heterocycles. The van der Waals surface area contributed by atoms with Crippen LogP contribution in [0.4, 0.5) is 5.69 Å². The van der Waals surface area contributed by atoms with E-state index in [-0.39, 0.29) is 5.75 Å².